The quantitative estimate of drug-likeness (QED) is 0.625. The number of benzene rings is 1. The summed E-state index contributed by atoms with van der Waals surface area (Å²) in [5, 5.41) is 13.8. The van der Waals surface area contributed by atoms with Crippen molar-refractivity contribution in [2.45, 2.75) is 38.5 Å². The molecule has 1 fully saturated rings. The normalized spacial score (nSPS) is 24.2. The van der Waals surface area contributed by atoms with Crippen molar-refractivity contribution in [2.75, 3.05) is 6.61 Å². The molecule has 7 nitrogen and oxygen atoms in total. The lowest BCUT2D eigenvalue weighted by atomic mass is 9.83. The van der Waals surface area contributed by atoms with E-state index in [1.807, 2.05) is 6.92 Å². The molecule has 0 bridgehead atoms. The van der Waals surface area contributed by atoms with Gasteiger partial charge in [0.2, 0.25) is 0 Å². The van der Waals surface area contributed by atoms with Crippen molar-refractivity contribution in [2.24, 2.45) is 5.73 Å². The highest BCUT2D eigenvalue weighted by Gasteiger charge is 2.41. The van der Waals surface area contributed by atoms with Crippen LogP contribution in [0.3, 0.4) is 0 Å². The second-order valence-electron chi connectivity index (χ2n) is 5.12. The molecule has 3 atom stereocenters. The van der Waals surface area contributed by atoms with Gasteiger partial charge in [0.1, 0.15) is 5.56 Å². The van der Waals surface area contributed by atoms with Gasteiger partial charge in [0, 0.05) is 18.7 Å². The minimum atomic E-state index is -0.553. The number of rotatable bonds is 5. The lowest BCUT2D eigenvalue weighted by molar-refractivity contribution is -0.385. The van der Waals surface area contributed by atoms with Crippen molar-refractivity contribution in [1.82, 2.24) is 5.32 Å². The molecule has 1 aromatic rings. The smallest absolute Gasteiger partial charge is 0.282 e. The molecule has 0 spiro atoms. The van der Waals surface area contributed by atoms with E-state index in [4.69, 9.17) is 10.5 Å². The summed E-state index contributed by atoms with van der Waals surface area (Å²) in [5.74, 6) is -0.482. The number of carbonyl (C=O) groups is 1. The van der Waals surface area contributed by atoms with Gasteiger partial charge in [0.05, 0.1) is 17.1 Å². The van der Waals surface area contributed by atoms with Crippen LogP contribution in [0.2, 0.25) is 0 Å². The average Bonchev–Trinajstić information content (AvgIpc) is 2.44. The number of aryl methyl sites for hydroxylation is 1. The molecule has 2 rings (SSSR count). The number of carbonyl (C=O) groups excluding carboxylic acids is 1. The fourth-order valence-corrected chi connectivity index (χ4v) is 2.55. The number of amides is 1. The zero-order chi connectivity index (χ0) is 15.6. The fraction of sp³-hybridized carbons (Fsp3) is 0.500. The van der Waals surface area contributed by atoms with Gasteiger partial charge in [-0.25, -0.2) is 0 Å². The maximum Gasteiger partial charge on any atom is 0.282 e. The number of ether oxygens (including phenoxy) is 1. The summed E-state index contributed by atoms with van der Waals surface area (Å²) >= 11 is 0. The van der Waals surface area contributed by atoms with Crippen molar-refractivity contribution in [3.05, 3.63) is 39.4 Å². The molecular formula is C14H19N3O4. The minimum Gasteiger partial charge on any atom is -0.376 e. The molecule has 3 N–H and O–H groups in total. The Kier molecular flexibility index (Phi) is 4.54. The van der Waals surface area contributed by atoms with E-state index in [9.17, 15) is 14.9 Å². The maximum atomic E-state index is 12.4. The van der Waals surface area contributed by atoms with Crippen molar-refractivity contribution in [3.8, 4) is 0 Å². The lowest BCUT2D eigenvalue weighted by Crippen LogP contribution is -2.64. The fourth-order valence-electron chi connectivity index (χ4n) is 2.55. The van der Waals surface area contributed by atoms with Crippen LogP contribution in [0.5, 0.6) is 0 Å². The first-order chi connectivity index (χ1) is 9.95. The summed E-state index contributed by atoms with van der Waals surface area (Å²) in [5.41, 5.74) is 6.31. The highest BCUT2D eigenvalue weighted by Crippen LogP contribution is 2.26. The molecule has 0 aliphatic heterocycles. The Morgan fingerprint density at radius 2 is 2.29 bits per heavy atom. The number of nitrogens with two attached hydrogens (primary N) is 1. The van der Waals surface area contributed by atoms with E-state index in [2.05, 4.69) is 5.32 Å². The molecule has 21 heavy (non-hydrogen) atoms. The van der Waals surface area contributed by atoms with Gasteiger partial charge in [0.25, 0.3) is 11.6 Å². The molecule has 0 radical (unpaired) electrons. The number of nitrogens with one attached hydrogen (secondary N) is 1. The van der Waals surface area contributed by atoms with E-state index in [-0.39, 0.29) is 29.4 Å². The highest BCUT2D eigenvalue weighted by molar-refractivity contribution is 5.99. The molecule has 0 aromatic heterocycles. The van der Waals surface area contributed by atoms with Gasteiger partial charge >= 0.3 is 0 Å². The highest BCUT2D eigenvalue weighted by atomic mass is 16.6. The van der Waals surface area contributed by atoms with Gasteiger partial charge in [-0.3, -0.25) is 14.9 Å². The molecule has 7 heteroatoms. The van der Waals surface area contributed by atoms with Crippen LogP contribution in [0.4, 0.5) is 5.69 Å². The first kappa shape index (κ1) is 15.4. The molecular weight excluding hydrogens is 274 g/mol. The summed E-state index contributed by atoms with van der Waals surface area (Å²) in [6, 6.07) is 4.05. The Bertz CT molecular complexity index is 559. The molecule has 114 valence electrons. The van der Waals surface area contributed by atoms with Crippen LogP contribution in [-0.4, -0.2) is 35.6 Å². The van der Waals surface area contributed by atoms with E-state index < -0.39 is 10.8 Å². The van der Waals surface area contributed by atoms with Gasteiger partial charge in [-0.15, -0.1) is 0 Å². The predicted octanol–water partition coefficient (Wildman–Crippen LogP) is 1.14. The van der Waals surface area contributed by atoms with Gasteiger partial charge in [-0.1, -0.05) is 12.1 Å². The third kappa shape index (κ3) is 3.03. The monoisotopic (exact) mass is 293 g/mol. The van der Waals surface area contributed by atoms with Crippen molar-refractivity contribution >= 4 is 11.6 Å². The molecule has 1 aliphatic rings. The van der Waals surface area contributed by atoms with E-state index in [1.54, 1.807) is 19.1 Å². The number of nitrogens with zero attached hydrogens (tertiary/aromatic N) is 1. The van der Waals surface area contributed by atoms with Gasteiger partial charge in [0.15, 0.2) is 0 Å². The molecule has 1 saturated carbocycles. The van der Waals surface area contributed by atoms with Crippen LogP contribution >= 0.6 is 0 Å². The number of hydrogen-bond donors (Lipinski definition) is 2. The minimum absolute atomic E-state index is 0.0804. The summed E-state index contributed by atoms with van der Waals surface area (Å²) in [6.45, 7) is 4.08. The average molecular weight is 293 g/mol. The molecule has 3 unspecified atom stereocenters. The summed E-state index contributed by atoms with van der Waals surface area (Å²) in [6.07, 6.45) is 0.547. The van der Waals surface area contributed by atoms with E-state index in [0.29, 0.717) is 18.6 Å². The zero-order valence-corrected chi connectivity index (χ0v) is 12.0. The molecule has 0 saturated heterocycles. The number of hydrogen-bond acceptors (Lipinski definition) is 5. The standard InChI is InChI=1S/C14H19N3O4/c1-3-21-11-7-9(15)13(11)16-14(18)12-8(2)5-4-6-10(12)17(19)20/h4-6,9,11,13H,3,7,15H2,1-2H3,(H,16,18). The number of nitro benzene ring substituents is 1. The van der Waals surface area contributed by atoms with Crippen molar-refractivity contribution < 1.29 is 14.5 Å². The van der Waals surface area contributed by atoms with Crippen LogP contribution in [0, 0.1) is 17.0 Å². The Balaban J connectivity index is 2.19. The van der Waals surface area contributed by atoms with Crippen LogP contribution < -0.4 is 11.1 Å². The van der Waals surface area contributed by atoms with Crippen LogP contribution in [0.15, 0.2) is 18.2 Å². The van der Waals surface area contributed by atoms with E-state index >= 15 is 0 Å². The van der Waals surface area contributed by atoms with E-state index in [1.165, 1.54) is 6.07 Å². The first-order valence-electron chi connectivity index (χ1n) is 6.87. The summed E-state index contributed by atoms with van der Waals surface area (Å²) in [7, 11) is 0. The molecule has 1 aliphatic carbocycles. The van der Waals surface area contributed by atoms with Crippen LogP contribution in [0.1, 0.15) is 29.3 Å². The van der Waals surface area contributed by atoms with Crippen LogP contribution in [-0.2, 0) is 4.74 Å². The SMILES string of the molecule is CCOC1CC(N)C1NC(=O)c1c(C)cccc1[N+](=O)[O-]. The maximum absolute atomic E-state index is 12.4. The predicted molar refractivity (Wildman–Crippen MR) is 77.1 cm³/mol. The van der Waals surface area contributed by atoms with Crippen LogP contribution in [0.25, 0.3) is 0 Å². The van der Waals surface area contributed by atoms with Gasteiger partial charge < -0.3 is 15.8 Å². The van der Waals surface area contributed by atoms with Gasteiger partial charge in [-0.2, -0.15) is 0 Å². The third-order valence-corrected chi connectivity index (χ3v) is 3.72. The topological polar surface area (TPSA) is 107 Å². The Morgan fingerprint density at radius 1 is 1.57 bits per heavy atom. The second-order valence-corrected chi connectivity index (χ2v) is 5.12. The van der Waals surface area contributed by atoms with Crippen molar-refractivity contribution in [3.63, 3.8) is 0 Å². The zero-order valence-electron chi connectivity index (χ0n) is 12.0. The van der Waals surface area contributed by atoms with E-state index in [0.717, 1.165) is 0 Å². The Morgan fingerprint density at radius 3 is 2.86 bits per heavy atom. The molecule has 1 aromatic carbocycles. The first-order valence-corrected chi connectivity index (χ1v) is 6.87. The van der Waals surface area contributed by atoms with Gasteiger partial charge in [-0.05, 0) is 25.8 Å². The number of nitro groups is 1. The third-order valence-electron chi connectivity index (χ3n) is 3.72. The summed E-state index contributed by atoms with van der Waals surface area (Å²) < 4.78 is 5.48. The summed E-state index contributed by atoms with van der Waals surface area (Å²) in [4.78, 5) is 22.9. The molecule has 1 amide bonds. The lowest BCUT2D eigenvalue weighted by Gasteiger charge is -2.42. The molecule has 0 heterocycles. The van der Waals surface area contributed by atoms with Crippen molar-refractivity contribution in [1.29, 1.82) is 0 Å². The largest absolute Gasteiger partial charge is 0.376 e. The Labute approximate surface area is 122 Å². The Hall–Kier alpha value is -1.99. The second kappa shape index (κ2) is 6.19.